The van der Waals surface area contributed by atoms with Crippen molar-refractivity contribution in [3.8, 4) is 0 Å². The van der Waals surface area contributed by atoms with E-state index in [1.165, 1.54) is 0 Å². The van der Waals surface area contributed by atoms with E-state index in [1.54, 1.807) is 12.1 Å². The zero-order valence-corrected chi connectivity index (χ0v) is 14.4. The van der Waals surface area contributed by atoms with Gasteiger partial charge in [-0.05, 0) is 37.3 Å². The minimum Gasteiger partial charge on any atom is -0.398 e. The molecule has 0 saturated carbocycles. The molecule has 1 aliphatic heterocycles. The maximum atomic E-state index is 12.6. The average molecular weight is 340 g/mol. The lowest BCUT2D eigenvalue weighted by Crippen LogP contribution is -2.43. The van der Waals surface area contributed by atoms with Gasteiger partial charge in [0.25, 0.3) is 5.91 Å². The summed E-state index contributed by atoms with van der Waals surface area (Å²) in [6.45, 7) is 4.07. The van der Waals surface area contributed by atoms with Crippen LogP contribution < -0.4 is 11.1 Å². The Balaban J connectivity index is 0.00000264. The maximum absolute atomic E-state index is 12.6. The topological polar surface area (TPSA) is 75.4 Å². The third kappa shape index (κ3) is 5.43. The molecule has 1 aromatic carbocycles. The van der Waals surface area contributed by atoms with Crippen LogP contribution in [0, 0.1) is 5.92 Å². The van der Waals surface area contributed by atoms with Crippen molar-refractivity contribution in [1.29, 1.82) is 0 Å². The van der Waals surface area contributed by atoms with Gasteiger partial charge < -0.3 is 16.0 Å². The maximum Gasteiger partial charge on any atom is 0.255 e. The number of piperidine rings is 1. The predicted octanol–water partition coefficient (Wildman–Crippen LogP) is 2.46. The Hall–Kier alpha value is -1.75. The molecule has 1 fully saturated rings. The Labute approximate surface area is 144 Å². The van der Waals surface area contributed by atoms with Crippen LogP contribution in [0.2, 0.25) is 0 Å². The number of para-hydroxylation sites is 1. The highest BCUT2D eigenvalue weighted by atomic mass is 35.5. The second-order valence-electron chi connectivity index (χ2n) is 5.90. The summed E-state index contributed by atoms with van der Waals surface area (Å²) in [6, 6.07) is 7.17. The molecule has 2 rings (SSSR count). The summed E-state index contributed by atoms with van der Waals surface area (Å²) in [5, 5.41) is 2.96. The van der Waals surface area contributed by atoms with Crippen molar-refractivity contribution in [3.63, 3.8) is 0 Å². The van der Waals surface area contributed by atoms with Crippen molar-refractivity contribution in [2.45, 2.75) is 32.6 Å². The average Bonchev–Trinajstić information content (AvgIpc) is 2.53. The molecule has 0 bridgehead atoms. The van der Waals surface area contributed by atoms with E-state index in [9.17, 15) is 9.59 Å². The first-order valence-corrected chi connectivity index (χ1v) is 8.02. The normalized spacial score (nSPS) is 17.3. The van der Waals surface area contributed by atoms with E-state index < -0.39 is 0 Å². The molecule has 0 radical (unpaired) electrons. The smallest absolute Gasteiger partial charge is 0.255 e. The van der Waals surface area contributed by atoms with Gasteiger partial charge in [-0.3, -0.25) is 9.59 Å². The predicted molar refractivity (Wildman–Crippen MR) is 94.6 cm³/mol. The fourth-order valence-electron chi connectivity index (χ4n) is 2.85. The van der Waals surface area contributed by atoms with Crippen LogP contribution in [0.25, 0.3) is 0 Å². The van der Waals surface area contributed by atoms with Gasteiger partial charge in [0.2, 0.25) is 5.91 Å². The Bertz CT molecular complexity index is 536. The zero-order chi connectivity index (χ0) is 15.9. The molecule has 23 heavy (non-hydrogen) atoms. The fourth-order valence-corrected chi connectivity index (χ4v) is 2.85. The number of nitrogens with two attached hydrogens (primary N) is 1. The number of hydrogen-bond donors (Lipinski definition) is 2. The number of hydrogen-bond acceptors (Lipinski definition) is 3. The molecule has 1 unspecified atom stereocenters. The van der Waals surface area contributed by atoms with Crippen molar-refractivity contribution in [1.82, 2.24) is 10.2 Å². The molecule has 0 aromatic heterocycles. The van der Waals surface area contributed by atoms with E-state index in [4.69, 9.17) is 5.73 Å². The number of amides is 2. The first kappa shape index (κ1) is 19.3. The highest BCUT2D eigenvalue weighted by molar-refractivity contribution is 5.99. The first-order chi connectivity index (χ1) is 10.6. The van der Waals surface area contributed by atoms with E-state index >= 15 is 0 Å². The number of carbonyl (C=O) groups is 2. The van der Waals surface area contributed by atoms with Gasteiger partial charge in [-0.15, -0.1) is 12.4 Å². The number of nitrogen functional groups attached to an aromatic ring is 1. The van der Waals surface area contributed by atoms with Crippen molar-refractivity contribution in [2.75, 3.05) is 25.4 Å². The molecule has 1 aromatic rings. The van der Waals surface area contributed by atoms with Crippen molar-refractivity contribution >= 4 is 29.9 Å². The molecular weight excluding hydrogens is 314 g/mol. The van der Waals surface area contributed by atoms with E-state index in [1.807, 2.05) is 24.0 Å². The third-order valence-electron chi connectivity index (χ3n) is 4.06. The quantitative estimate of drug-likeness (QED) is 0.809. The summed E-state index contributed by atoms with van der Waals surface area (Å²) in [4.78, 5) is 26.0. The monoisotopic (exact) mass is 339 g/mol. The highest BCUT2D eigenvalue weighted by Crippen LogP contribution is 2.20. The van der Waals surface area contributed by atoms with Crippen LogP contribution in [0.5, 0.6) is 0 Å². The molecular formula is C17H26ClN3O2. The first-order valence-electron chi connectivity index (χ1n) is 8.02. The Kier molecular flexibility index (Phi) is 7.89. The number of anilines is 1. The number of nitrogens with one attached hydrogen (secondary N) is 1. The largest absolute Gasteiger partial charge is 0.398 e. The van der Waals surface area contributed by atoms with Crippen molar-refractivity contribution in [3.05, 3.63) is 29.8 Å². The minimum absolute atomic E-state index is 0. The van der Waals surface area contributed by atoms with Gasteiger partial charge in [0.05, 0.1) is 5.56 Å². The van der Waals surface area contributed by atoms with E-state index in [2.05, 4.69) is 5.32 Å². The van der Waals surface area contributed by atoms with Crippen LogP contribution in [0.15, 0.2) is 24.3 Å². The summed E-state index contributed by atoms with van der Waals surface area (Å²) in [7, 11) is 0. The second-order valence-corrected chi connectivity index (χ2v) is 5.90. The van der Waals surface area contributed by atoms with Crippen LogP contribution in [0.3, 0.4) is 0 Å². The van der Waals surface area contributed by atoms with Crippen LogP contribution in [-0.2, 0) is 4.79 Å². The SMILES string of the molecule is CCCC(=O)NCC1CCCN(C(=O)c2ccccc2N)C1.Cl. The lowest BCUT2D eigenvalue weighted by molar-refractivity contribution is -0.121. The molecule has 1 aliphatic rings. The van der Waals surface area contributed by atoms with Gasteiger partial charge in [0, 0.05) is 31.7 Å². The van der Waals surface area contributed by atoms with E-state index in [-0.39, 0.29) is 24.2 Å². The fraction of sp³-hybridized carbons (Fsp3) is 0.529. The molecule has 128 valence electrons. The van der Waals surface area contributed by atoms with Gasteiger partial charge in [-0.2, -0.15) is 0 Å². The third-order valence-corrected chi connectivity index (χ3v) is 4.06. The highest BCUT2D eigenvalue weighted by Gasteiger charge is 2.25. The van der Waals surface area contributed by atoms with Crippen molar-refractivity contribution in [2.24, 2.45) is 5.92 Å². The van der Waals surface area contributed by atoms with Crippen LogP contribution in [0.4, 0.5) is 5.69 Å². The summed E-state index contributed by atoms with van der Waals surface area (Å²) >= 11 is 0. The van der Waals surface area contributed by atoms with Gasteiger partial charge in [-0.25, -0.2) is 0 Å². The van der Waals surface area contributed by atoms with Crippen molar-refractivity contribution < 1.29 is 9.59 Å². The number of benzene rings is 1. The summed E-state index contributed by atoms with van der Waals surface area (Å²) < 4.78 is 0. The van der Waals surface area contributed by atoms with Gasteiger partial charge >= 0.3 is 0 Å². The van der Waals surface area contributed by atoms with Gasteiger partial charge in [0.15, 0.2) is 0 Å². The Morgan fingerprint density at radius 3 is 2.78 bits per heavy atom. The molecule has 2 amide bonds. The lowest BCUT2D eigenvalue weighted by atomic mass is 9.97. The second kappa shape index (κ2) is 9.40. The van der Waals surface area contributed by atoms with Crippen LogP contribution >= 0.6 is 12.4 Å². The number of carbonyl (C=O) groups excluding carboxylic acids is 2. The molecule has 1 heterocycles. The minimum atomic E-state index is -0.0114. The molecule has 1 atom stereocenters. The molecule has 0 aliphatic carbocycles. The number of likely N-dealkylation sites (tertiary alicyclic amines) is 1. The molecule has 1 saturated heterocycles. The molecule has 6 heteroatoms. The summed E-state index contributed by atoms with van der Waals surface area (Å²) in [5.74, 6) is 0.407. The number of halogens is 1. The number of rotatable bonds is 5. The number of nitrogens with zero attached hydrogens (tertiary/aromatic N) is 1. The molecule has 3 N–H and O–H groups in total. The van der Waals surface area contributed by atoms with Crippen LogP contribution in [-0.4, -0.2) is 36.3 Å². The molecule has 0 spiro atoms. The summed E-state index contributed by atoms with van der Waals surface area (Å²) in [6.07, 6.45) is 3.43. The zero-order valence-electron chi connectivity index (χ0n) is 13.6. The summed E-state index contributed by atoms with van der Waals surface area (Å²) in [5.41, 5.74) is 6.98. The molecule has 5 nitrogen and oxygen atoms in total. The van der Waals surface area contributed by atoms with Gasteiger partial charge in [0.1, 0.15) is 0 Å². The van der Waals surface area contributed by atoms with E-state index in [0.717, 1.165) is 25.8 Å². The van der Waals surface area contributed by atoms with Crippen LogP contribution in [0.1, 0.15) is 43.0 Å². The lowest BCUT2D eigenvalue weighted by Gasteiger charge is -2.33. The Morgan fingerprint density at radius 1 is 1.35 bits per heavy atom. The van der Waals surface area contributed by atoms with E-state index in [0.29, 0.717) is 36.7 Å². The Morgan fingerprint density at radius 2 is 2.09 bits per heavy atom. The standard InChI is InChI=1S/C17H25N3O2.ClH/c1-2-6-16(21)19-11-13-7-5-10-20(12-13)17(22)14-8-3-4-9-15(14)18;/h3-4,8-9,13H,2,5-7,10-12,18H2,1H3,(H,19,21);1H. The van der Waals surface area contributed by atoms with Gasteiger partial charge in [-0.1, -0.05) is 19.1 Å².